The Labute approximate surface area is 556 Å². The van der Waals surface area contributed by atoms with E-state index in [1.165, 1.54) is 23.5 Å². The molecule has 0 saturated carbocycles. The number of nitrogens with zero attached hydrogens (tertiary/aromatic N) is 4. The summed E-state index contributed by atoms with van der Waals surface area (Å²) < 4.78 is 0. The second-order valence-corrected chi connectivity index (χ2v) is 22.7. The first kappa shape index (κ1) is 87.6. The number of likely N-dealkylation sites (N-methyl/N-ethyl adjacent to an activating group) is 2. The Morgan fingerprint density at radius 1 is 0.619 bits per heavy atom. The van der Waals surface area contributed by atoms with Gasteiger partial charge >= 0.3 is 0 Å². The fraction of sp³-hybridized carbons (Fsp3) is 0.759. The summed E-state index contributed by atoms with van der Waals surface area (Å²) in [7, 11) is 3.31. The van der Waals surface area contributed by atoms with E-state index in [-0.39, 0.29) is 229 Å². The van der Waals surface area contributed by atoms with Crippen molar-refractivity contribution in [2.75, 3.05) is 82.9 Å². The number of guanidine groups is 2. The molecule has 0 spiro atoms. The predicted molar refractivity (Wildman–Crippen MR) is 325 cm³/mol. The molecule has 2 amide bonds. The van der Waals surface area contributed by atoms with Crippen molar-refractivity contribution in [3.8, 4) is 0 Å². The molecule has 2 aliphatic heterocycles. The molecule has 0 unspecified atom stereocenters. The van der Waals surface area contributed by atoms with Gasteiger partial charge in [-0.25, -0.2) is 12.6 Å². The van der Waals surface area contributed by atoms with Crippen LogP contribution in [0.3, 0.4) is 0 Å². The van der Waals surface area contributed by atoms with Crippen molar-refractivity contribution < 1.29 is 118 Å². The van der Waals surface area contributed by atoms with Gasteiger partial charge in [0.15, 0.2) is 35.1 Å². The molecule has 2 heterocycles. The molecule has 26 nitrogen and oxygen atoms in total. The molecule has 30 heteroatoms. The summed E-state index contributed by atoms with van der Waals surface area (Å²) in [5.41, 5.74) is 27.0. The van der Waals surface area contributed by atoms with E-state index in [2.05, 4.69) is 31.3 Å². The van der Waals surface area contributed by atoms with Crippen molar-refractivity contribution in [1.29, 1.82) is 0 Å². The molecule has 2 aliphatic rings. The number of unbranched alkanes of at least 4 members (excludes halogenated alkanes) is 1. The molecule has 0 aromatic carbocycles. The van der Waals surface area contributed by atoms with Gasteiger partial charge in [0.2, 0.25) is 11.8 Å². The standard InChI is InChI=1S/C31H54N7O6S.C23H39N6O5S.2H2N.2Y/c1-4-21(2)30-26(41)12-10-22(8-5-6-14-32)27(42)16-36-25(20-45-19-24(40)11-13-29(44)37-30)28(43)17-38(3)23(18-39)9-7-15-35-31(33)34;1-4-15(2)22-19(32)10-27-18(14-35-13-17(31)7-8-21(34)28-22)20(33)11-29(3)16(12-30)6-5-9-26-23(24)25;;;;/h21-23,25,30,36H,4-17,19-20,32H2,1-3H3,(H,37,44)(H4,33,34,35);15-16,18,22,27H,4-11,13-14H2,1-3H3,(H,28,34)(H4,24,25,26);2*1H2;;/q4*-1;;/t21-,22+,23-,25-,30-;15-,16-,18-,22-;;;;/m00..../s1. The topological polar surface area (TPSA) is 464 Å². The van der Waals surface area contributed by atoms with E-state index < -0.39 is 42.2 Å². The summed E-state index contributed by atoms with van der Waals surface area (Å²) in [6.07, 6.45) is 9.80. The molecule has 476 valence electrons. The smallest absolute Gasteiger partial charge is 0.221 e. The van der Waals surface area contributed by atoms with Crippen LogP contribution in [0.1, 0.15) is 124 Å². The van der Waals surface area contributed by atoms with Crippen LogP contribution < -0.4 is 49.9 Å². The van der Waals surface area contributed by atoms with E-state index >= 15 is 0 Å². The Balaban J connectivity index is -0.000000747. The van der Waals surface area contributed by atoms with E-state index in [0.29, 0.717) is 76.8 Å². The third kappa shape index (κ3) is 37.7. The van der Waals surface area contributed by atoms with E-state index in [1.807, 2.05) is 40.3 Å². The number of amides is 2. The Morgan fingerprint density at radius 3 is 1.40 bits per heavy atom. The molecule has 0 aromatic rings. The number of thioether (sulfide) groups is 2. The minimum absolute atomic E-state index is 0. The first-order valence-electron chi connectivity index (χ1n) is 27.9. The quantitative estimate of drug-likeness (QED) is 0.0251. The van der Waals surface area contributed by atoms with Gasteiger partial charge in [-0.05, 0) is 64.6 Å². The van der Waals surface area contributed by atoms with Crippen molar-refractivity contribution >= 4 is 100 Å². The van der Waals surface area contributed by atoms with Crippen LogP contribution in [0.25, 0.3) is 12.3 Å². The summed E-state index contributed by atoms with van der Waals surface area (Å²) in [4.78, 5) is 150. The summed E-state index contributed by atoms with van der Waals surface area (Å²) in [5, 5.41) is 11.7. The van der Waals surface area contributed by atoms with Gasteiger partial charge in [0, 0.05) is 128 Å². The van der Waals surface area contributed by atoms with Crippen LogP contribution in [0.5, 0.6) is 0 Å². The molecule has 84 heavy (non-hydrogen) atoms. The monoisotopic (exact) mass is 1370 g/mol. The normalized spacial score (nSPS) is 21.4. The Bertz CT molecular complexity index is 2080. The molecule has 0 bridgehead atoms. The number of nitrogens with two attached hydrogens (primary N) is 7. The van der Waals surface area contributed by atoms with Gasteiger partial charge in [-0.15, -0.1) is 0 Å². The minimum Gasteiger partial charge on any atom is -0.693 e. The van der Waals surface area contributed by atoms with Crippen molar-refractivity contribution in [3.63, 3.8) is 0 Å². The summed E-state index contributed by atoms with van der Waals surface area (Å²) in [6.45, 7) is 8.58. The number of Topliss-reactive ketones (excluding diaryl/α,β-unsaturated/α-hetero) is 7. The van der Waals surface area contributed by atoms with Gasteiger partial charge < -0.3 is 71.0 Å². The third-order valence-electron chi connectivity index (χ3n) is 14.1. The molecular formula is C54H97N15O11S2Y2-4. The first-order chi connectivity index (χ1) is 38.0. The van der Waals surface area contributed by atoms with Gasteiger partial charge in [-0.2, -0.15) is 23.5 Å². The van der Waals surface area contributed by atoms with Crippen LogP contribution in [0, 0.1) is 17.8 Å². The fourth-order valence-corrected chi connectivity index (χ4v) is 10.7. The molecule has 0 aromatic heterocycles. The van der Waals surface area contributed by atoms with Gasteiger partial charge in [0.05, 0.1) is 61.9 Å². The van der Waals surface area contributed by atoms with Gasteiger partial charge in [-0.1, -0.05) is 71.9 Å². The van der Waals surface area contributed by atoms with Crippen LogP contribution in [-0.4, -0.2) is 206 Å². The third-order valence-corrected chi connectivity index (χ3v) is 16.3. The first-order valence-corrected chi connectivity index (χ1v) is 30.2. The summed E-state index contributed by atoms with van der Waals surface area (Å²) in [6, 6.07) is -4.09. The van der Waals surface area contributed by atoms with Gasteiger partial charge in [0.1, 0.15) is 17.3 Å². The van der Waals surface area contributed by atoms with Crippen molar-refractivity contribution in [1.82, 2.24) is 31.1 Å². The average molecular weight is 1370 g/mol. The number of nitrogens with one attached hydrogen (secondary N) is 4. The molecule has 2 fully saturated rings. The number of rotatable bonds is 26. The van der Waals surface area contributed by atoms with Gasteiger partial charge in [0.25, 0.3) is 0 Å². The predicted octanol–water partition coefficient (Wildman–Crippen LogP) is 0.871. The molecule has 2 radical (unpaired) electrons. The number of carbonyl (C=O) groups excluding carboxylic acids is 11. The maximum absolute atomic E-state index is 13.4. The number of ketones is 7. The van der Waals surface area contributed by atoms with E-state index in [9.17, 15) is 52.7 Å². The maximum Gasteiger partial charge on any atom is 0.221 e. The molecule has 0 aliphatic carbocycles. The Morgan fingerprint density at radius 2 is 1.02 bits per heavy atom. The van der Waals surface area contributed by atoms with Crippen LogP contribution in [0.15, 0.2) is 9.98 Å². The van der Waals surface area contributed by atoms with E-state index in [1.54, 1.807) is 23.9 Å². The maximum atomic E-state index is 13.4. The second-order valence-electron chi connectivity index (χ2n) is 20.7. The molecule has 2 rings (SSSR count). The summed E-state index contributed by atoms with van der Waals surface area (Å²) >= 11 is 2.53. The fourth-order valence-electron chi connectivity index (χ4n) is 8.64. The van der Waals surface area contributed by atoms with Crippen molar-refractivity contribution in [2.24, 2.45) is 56.4 Å². The van der Waals surface area contributed by atoms with E-state index in [0.717, 1.165) is 12.8 Å². The second kappa shape index (κ2) is 51.1. The number of hydrogen-bond acceptors (Lipinski definition) is 20. The summed E-state index contributed by atoms with van der Waals surface area (Å²) in [5.74, 6) is -1.70. The van der Waals surface area contributed by atoms with Crippen LogP contribution >= 0.6 is 23.5 Å². The van der Waals surface area contributed by atoms with Crippen LogP contribution in [-0.2, 0) is 118 Å². The number of hydrogen-bond donors (Lipinski definition) is 9. The zero-order valence-electron chi connectivity index (χ0n) is 50.4. The van der Waals surface area contributed by atoms with Crippen molar-refractivity contribution in [2.45, 2.75) is 160 Å². The van der Waals surface area contributed by atoms with Gasteiger partial charge in [-0.3, -0.25) is 63.8 Å². The zero-order valence-corrected chi connectivity index (χ0v) is 57.7. The van der Waals surface area contributed by atoms with Crippen LogP contribution in [0.2, 0.25) is 0 Å². The van der Waals surface area contributed by atoms with Crippen molar-refractivity contribution in [3.05, 3.63) is 12.3 Å². The molecular weight excluding hydrogens is 1280 g/mol. The van der Waals surface area contributed by atoms with E-state index in [4.69, 9.17) is 28.7 Å². The van der Waals surface area contributed by atoms with Crippen LogP contribution in [0.4, 0.5) is 0 Å². The average Bonchev–Trinajstić information content (AvgIpc) is 3.42. The minimum atomic E-state index is -0.761. The largest absolute Gasteiger partial charge is 0.693 e. The molecule has 9 atom stereocenters. The molecule has 18 N–H and O–H groups in total. The Kier molecular flexibility index (Phi) is 53.2. The SMILES string of the molecule is CC[C@H](C)[C@@H]1NC(=O)CCC(=O)CSC[C@@H](C(=O)CN(C)[C@H]([C-]=O)CCCN=C(N)N)NCC(=O)[C@H](CCCCN)CCC1=O.CC[C@H](C)[C@@H]1NC(=O)CCC(=O)CSC[C@@H](C(=O)CN(C)[C@H]([C-]=O)CCCN=C(N)N)NCC1=O.[NH2-].[NH2-].[Y].[Y]. The molecule has 2 saturated heterocycles. The Hall–Kier alpha value is -2.86. The number of carbonyl (C=O) groups is 9. The zero-order chi connectivity index (χ0) is 60.2. The number of aliphatic imine (C=N–C) groups is 2.